The number of hydrogen-bond donors (Lipinski definition) is 3. The zero-order chi connectivity index (χ0) is 23.5. The van der Waals surface area contributed by atoms with E-state index in [4.69, 9.17) is 5.73 Å². The van der Waals surface area contributed by atoms with Gasteiger partial charge in [-0.1, -0.05) is 30.3 Å². The van der Waals surface area contributed by atoms with Crippen LogP contribution in [0.3, 0.4) is 0 Å². The first-order valence-electron chi connectivity index (χ1n) is 10.8. The van der Waals surface area contributed by atoms with Gasteiger partial charge < -0.3 is 11.1 Å². The van der Waals surface area contributed by atoms with E-state index < -0.39 is 52.9 Å². The highest BCUT2D eigenvalue weighted by Crippen LogP contribution is 2.54. The number of halogens is 1. The van der Waals surface area contributed by atoms with Crippen LogP contribution in [0.5, 0.6) is 0 Å². The van der Waals surface area contributed by atoms with E-state index in [2.05, 4.69) is 10.6 Å². The zero-order valence-corrected chi connectivity index (χ0v) is 17.9. The van der Waals surface area contributed by atoms with Crippen LogP contribution in [0.1, 0.15) is 29.5 Å². The SMILES string of the molecule is Cc1cccc2c1NC(=O)C21NC(CCC(N)=O)[C@H]2C(=O)N(Cc3ccc(F)cc3)C(=O)[C@H]21. The largest absolute Gasteiger partial charge is 0.370 e. The predicted octanol–water partition coefficient (Wildman–Crippen LogP) is 1.32. The Hall–Kier alpha value is -3.59. The van der Waals surface area contributed by atoms with Crippen LogP contribution in [0.2, 0.25) is 0 Å². The third kappa shape index (κ3) is 3.06. The molecule has 4 amide bonds. The summed E-state index contributed by atoms with van der Waals surface area (Å²) in [6.45, 7) is 1.84. The molecule has 2 aromatic rings. The maximum absolute atomic E-state index is 13.7. The van der Waals surface area contributed by atoms with Crippen molar-refractivity contribution in [2.24, 2.45) is 17.6 Å². The summed E-state index contributed by atoms with van der Waals surface area (Å²) in [6.07, 6.45) is 0.231. The molecule has 33 heavy (non-hydrogen) atoms. The number of anilines is 1. The molecule has 2 unspecified atom stereocenters. The molecule has 0 aliphatic carbocycles. The topological polar surface area (TPSA) is 122 Å². The summed E-state index contributed by atoms with van der Waals surface area (Å²) in [5, 5.41) is 6.16. The number of nitrogens with zero attached hydrogens (tertiary/aromatic N) is 1. The summed E-state index contributed by atoms with van der Waals surface area (Å²) < 4.78 is 13.3. The molecule has 4 N–H and O–H groups in total. The van der Waals surface area contributed by atoms with E-state index in [9.17, 15) is 23.6 Å². The van der Waals surface area contributed by atoms with Crippen molar-refractivity contribution >= 4 is 29.3 Å². The fourth-order valence-electron chi connectivity index (χ4n) is 5.51. The van der Waals surface area contributed by atoms with E-state index in [1.54, 1.807) is 12.1 Å². The van der Waals surface area contributed by atoms with Gasteiger partial charge in [-0.15, -0.1) is 0 Å². The quantitative estimate of drug-likeness (QED) is 0.593. The number of carbonyl (C=O) groups excluding carboxylic acids is 4. The molecule has 3 aliphatic rings. The molecule has 2 saturated heterocycles. The molecule has 8 nitrogen and oxygen atoms in total. The van der Waals surface area contributed by atoms with E-state index in [1.807, 2.05) is 13.0 Å². The van der Waals surface area contributed by atoms with Gasteiger partial charge in [0.1, 0.15) is 11.4 Å². The van der Waals surface area contributed by atoms with Gasteiger partial charge in [-0.05, 0) is 36.6 Å². The molecule has 170 valence electrons. The van der Waals surface area contributed by atoms with Crippen LogP contribution in [0.15, 0.2) is 42.5 Å². The van der Waals surface area contributed by atoms with Gasteiger partial charge in [-0.3, -0.25) is 29.4 Å². The molecule has 3 aliphatic heterocycles. The second kappa shape index (κ2) is 7.48. The number of rotatable bonds is 5. The number of para-hydroxylation sites is 1. The number of likely N-dealkylation sites (tertiary alicyclic amines) is 1. The van der Waals surface area contributed by atoms with Crippen molar-refractivity contribution in [3.63, 3.8) is 0 Å². The number of benzene rings is 2. The Morgan fingerprint density at radius 3 is 2.55 bits per heavy atom. The average Bonchev–Trinajstić information content (AvgIpc) is 3.35. The molecule has 0 bridgehead atoms. The molecule has 0 radical (unpaired) electrons. The number of aryl methyl sites for hydroxylation is 1. The zero-order valence-electron chi connectivity index (χ0n) is 17.9. The van der Waals surface area contributed by atoms with Gasteiger partial charge in [0, 0.05) is 23.7 Å². The van der Waals surface area contributed by atoms with Crippen molar-refractivity contribution in [2.45, 2.75) is 37.9 Å². The van der Waals surface area contributed by atoms with Crippen molar-refractivity contribution < 1.29 is 23.6 Å². The van der Waals surface area contributed by atoms with E-state index >= 15 is 0 Å². The first-order valence-corrected chi connectivity index (χ1v) is 10.8. The minimum absolute atomic E-state index is 0.0126. The Morgan fingerprint density at radius 2 is 1.85 bits per heavy atom. The molecule has 3 heterocycles. The number of amides is 4. The molecule has 9 heteroatoms. The fourth-order valence-corrected chi connectivity index (χ4v) is 5.51. The molecular weight excluding hydrogens is 427 g/mol. The van der Waals surface area contributed by atoms with Crippen molar-refractivity contribution in [2.75, 3.05) is 5.32 Å². The van der Waals surface area contributed by atoms with E-state index in [1.165, 1.54) is 24.3 Å². The maximum atomic E-state index is 13.7. The molecular formula is C24H23FN4O4. The number of fused-ring (bicyclic) bond motifs is 4. The highest BCUT2D eigenvalue weighted by molar-refractivity contribution is 6.15. The molecule has 4 atom stereocenters. The number of nitrogens with one attached hydrogen (secondary N) is 2. The predicted molar refractivity (Wildman–Crippen MR) is 116 cm³/mol. The average molecular weight is 450 g/mol. The van der Waals surface area contributed by atoms with Crippen LogP contribution in [0, 0.1) is 24.6 Å². The number of primary amides is 1. The Balaban J connectivity index is 1.58. The van der Waals surface area contributed by atoms with Gasteiger partial charge in [0.05, 0.1) is 18.4 Å². The second-order valence-corrected chi connectivity index (χ2v) is 8.91. The Morgan fingerprint density at radius 1 is 1.12 bits per heavy atom. The van der Waals surface area contributed by atoms with E-state index in [0.717, 1.165) is 10.5 Å². The molecule has 0 saturated carbocycles. The summed E-state index contributed by atoms with van der Waals surface area (Å²) in [6, 6.07) is 10.4. The summed E-state index contributed by atoms with van der Waals surface area (Å²) in [4.78, 5) is 53.2. The van der Waals surface area contributed by atoms with Crippen molar-refractivity contribution in [3.8, 4) is 0 Å². The highest BCUT2D eigenvalue weighted by atomic mass is 19.1. The lowest BCUT2D eigenvalue weighted by Gasteiger charge is -2.29. The van der Waals surface area contributed by atoms with Gasteiger partial charge in [0.15, 0.2) is 0 Å². The molecule has 2 fully saturated rings. The molecule has 1 spiro atoms. The summed E-state index contributed by atoms with van der Waals surface area (Å²) in [7, 11) is 0. The van der Waals surface area contributed by atoms with Gasteiger partial charge in [-0.2, -0.15) is 0 Å². The lowest BCUT2D eigenvalue weighted by molar-refractivity contribution is -0.143. The van der Waals surface area contributed by atoms with Gasteiger partial charge in [-0.25, -0.2) is 4.39 Å². The Kier molecular flexibility index (Phi) is 4.82. The standard InChI is InChI=1S/C24H23FN4O4/c1-12-3-2-4-15-20(12)27-23(33)24(15)19-18(16(28-24)9-10-17(26)30)21(31)29(22(19)32)11-13-5-7-14(25)8-6-13/h2-8,16,18-19,28H,9-11H2,1H3,(H2,26,30)(H,27,33)/t16?,18-,19+,24?/m1/s1. The monoisotopic (exact) mass is 450 g/mol. The van der Waals surface area contributed by atoms with Crippen LogP contribution in [0.25, 0.3) is 0 Å². The van der Waals surface area contributed by atoms with Crippen LogP contribution in [0.4, 0.5) is 10.1 Å². The molecule has 2 aromatic carbocycles. The summed E-state index contributed by atoms with van der Waals surface area (Å²) in [5.41, 5.74) is 6.61. The first kappa shape index (κ1) is 21.3. The van der Waals surface area contributed by atoms with Crippen LogP contribution in [-0.4, -0.2) is 34.6 Å². The number of carbonyl (C=O) groups is 4. The number of imide groups is 1. The Bertz CT molecular complexity index is 1200. The highest BCUT2D eigenvalue weighted by Gasteiger charge is 2.70. The smallest absolute Gasteiger partial charge is 0.250 e. The van der Waals surface area contributed by atoms with Crippen molar-refractivity contribution in [1.82, 2.24) is 10.2 Å². The minimum Gasteiger partial charge on any atom is -0.370 e. The number of hydrogen-bond acceptors (Lipinski definition) is 5. The Labute approximate surface area is 189 Å². The summed E-state index contributed by atoms with van der Waals surface area (Å²) in [5.74, 6) is -4.01. The van der Waals surface area contributed by atoms with E-state index in [-0.39, 0.29) is 19.4 Å². The first-order chi connectivity index (χ1) is 15.7. The lowest BCUT2D eigenvalue weighted by atomic mass is 9.76. The fraction of sp³-hybridized carbons (Fsp3) is 0.333. The molecule has 5 rings (SSSR count). The van der Waals surface area contributed by atoms with Crippen molar-refractivity contribution in [3.05, 3.63) is 65.0 Å². The van der Waals surface area contributed by atoms with Crippen LogP contribution >= 0.6 is 0 Å². The third-order valence-electron chi connectivity index (χ3n) is 7.01. The molecule has 0 aromatic heterocycles. The third-order valence-corrected chi connectivity index (χ3v) is 7.01. The lowest BCUT2D eigenvalue weighted by Crippen LogP contribution is -2.53. The summed E-state index contributed by atoms with van der Waals surface area (Å²) >= 11 is 0. The van der Waals surface area contributed by atoms with Gasteiger partial charge >= 0.3 is 0 Å². The normalized spacial score (nSPS) is 27.8. The van der Waals surface area contributed by atoms with Gasteiger partial charge in [0.25, 0.3) is 0 Å². The van der Waals surface area contributed by atoms with Crippen LogP contribution in [-0.2, 0) is 31.3 Å². The van der Waals surface area contributed by atoms with E-state index in [0.29, 0.717) is 16.8 Å². The maximum Gasteiger partial charge on any atom is 0.250 e. The van der Waals surface area contributed by atoms with Crippen molar-refractivity contribution in [1.29, 1.82) is 0 Å². The second-order valence-electron chi connectivity index (χ2n) is 8.91. The number of nitrogens with two attached hydrogens (primary N) is 1. The van der Waals surface area contributed by atoms with Gasteiger partial charge in [0.2, 0.25) is 23.6 Å². The minimum atomic E-state index is -1.42. The van der Waals surface area contributed by atoms with Crippen LogP contribution < -0.4 is 16.4 Å².